The molecule has 304 valence electrons. The normalized spacial score (nSPS) is 13.6. The molecule has 0 aromatic heterocycles. The van der Waals surface area contributed by atoms with Gasteiger partial charge in [-0.25, -0.2) is 0 Å². The predicted molar refractivity (Wildman–Crippen MR) is 214 cm³/mol. The van der Waals surface area contributed by atoms with Gasteiger partial charge >= 0.3 is 11.9 Å². The first-order chi connectivity index (χ1) is 25.6. The summed E-state index contributed by atoms with van der Waals surface area (Å²) in [6.45, 7) is 4.52. The molecule has 0 aliphatic heterocycles. The van der Waals surface area contributed by atoms with Gasteiger partial charge in [-0.05, 0) is 57.8 Å². The number of likely N-dealkylation sites (N-methyl/N-ethyl adjacent to an activating group) is 1. The molecule has 0 bridgehead atoms. The Balaban J connectivity index is 4.43. The first-order valence-corrected chi connectivity index (χ1v) is 20.4. The quantitative estimate of drug-likeness (QED) is 0.0206. The van der Waals surface area contributed by atoms with Crippen LogP contribution < -0.4 is 5.11 Å². The zero-order valence-corrected chi connectivity index (χ0v) is 34.1. The average Bonchev–Trinajstić information content (AvgIpc) is 3.11. The molecule has 0 saturated carbocycles. The second-order valence-corrected chi connectivity index (χ2v) is 14.5. The molecular formula is C44H75NO8. The summed E-state index contributed by atoms with van der Waals surface area (Å²) in [7, 11) is 5.88. The second-order valence-electron chi connectivity index (χ2n) is 14.5. The molecule has 2 atom stereocenters. The van der Waals surface area contributed by atoms with E-state index >= 15 is 0 Å². The maximum Gasteiger partial charge on any atom is 0.306 e. The third-order valence-electron chi connectivity index (χ3n) is 8.28. The van der Waals surface area contributed by atoms with Crippen molar-refractivity contribution in [1.29, 1.82) is 0 Å². The fourth-order valence-corrected chi connectivity index (χ4v) is 5.09. The van der Waals surface area contributed by atoms with E-state index in [9.17, 15) is 19.5 Å². The van der Waals surface area contributed by atoms with Crippen LogP contribution in [0.5, 0.6) is 0 Å². The molecule has 0 aliphatic carbocycles. The molecule has 0 amide bonds. The van der Waals surface area contributed by atoms with E-state index in [1.165, 1.54) is 25.7 Å². The number of nitrogens with zero attached hydrogens (tertiary/aromatic N) is 1. The zero-order valence-electron chi connectivity index (χ0n) is 34.1. The molecule has 0 N–H and O–H groups in total. The number of hydrogen-bond donors (Lipinski definition) is 0. The van der Waals surface area contributed by atoms with Crippen LogP contribution in [-0.4, -0.2) is 82.3 Å². The number of hydrogen-bond acceptors (Lipinski definition) is 8. The minimum Gasteiger partial charge on any atom is -0.545 e. The van der Waals surface area contributed by atoms with Gasteiger partial charge in [0, 0.05) is 12.8 Å². The monoisotopic (exact) mass is 746 g/mol. The first-order valence-electron chi connectivity index (χ1n) is 20.4. The minimum atomic E-state index is -1.62. The van der Waals surface area contributed by atoms with E-state index in [1.54, 1.807) is 0 Å². The number of carbonyl (C=O) groups is 3. The summed E-state index contributed by atoms with van der Waals surface area (Å²) in [5.74, 6) is -2.33. The first kappa shape index (κ1) is 50.0. The SMILES string of the molecule is CC/C=C\C/C=C\C/C=C\C/C=C\C/C=C\CCCCCCCC(=O)OC(COC(=O)CCCCCCCCC)COC(OCC[N+](C)(C)C)C(=O)[O-]. The molecular weight excluding hydrogens is 670 g/mol. The number of rotatable bonds is 36. The lowest BCUT2D eigenvalue weighted by molar-refractivity contribution is -0.870. The minimum absolute atomic E-state index is 0.141. The number of allylic oxidation sites excluding steroid dienone is 10. The van der Waals surface area contributed by atoms with Gasteiger partial charge in [0.05, 0.1) is 40.3 Å². The van der Waals surface area contributed by atoms with Crippen molar-refractivity contribution in [2.24, 2.45) is 0 Å². The zero-order chi connectivity index (χ0) is 39.3. The average molecular weight is 746 g/mol. The smallest absolute Gasteiger partial charge is 0.306 e. The highest BCUT2D eigenvalue weighted by molar-refractivity contribution is 5.70. The van der Waals surface area contributed by atoms with Crippen LogP contribution >= 0.6 is 0 Å². The Morgan fingerprint density at radius 2 is 1.08 bits per heavy atom. The molecule has 2 unspecified atom stereocenters. The van der Waals surface area contributed by atoms with Gasteiger partial charge in [-0.2, -0.15) is 0 Å². The molecule has 0 aliphatic rings. The molecule has 0 heterocycles. The van der Waals surface area contributed by atoms with E-state index in [4.69, 9.17) is 18.9 Å². The van der Waals surface area contributed by atoms with E-state index in [-0.39, 0.29) is 38.6 Å². The number of esters is 2. The molecule has 0 aromatic rings. The molecule has 0 saturated heterocycles. The lowest BCUT2D eigenvalue weighted by atomic mass is 10.1. The summed E-state index contributed by atoms with van der Waals surface area (Å²) >= 11 is 0. The predicted octanol–water partition coefficient (Wildman–Crippen LogP) is 8.88. The fraction of sp³-hybridized carbons (Fsp3) is 0.705. The van der Waals surface area contributed by atoms with Crippen LogP contribution in [0.2, 0.25) is 0 Å². The van der Waals surface area contributed by atoms with Gasteiger partial charge < -0.3 is 33.3 Å². The Kier molecular flexibility index (Phi) is 33.9. The van der Waals surface area contributed by atoms with Crippen molar-refractivity contribution in [3.8, 4) is 0 Å². The Bertz CT molecular complexity index is 1060. The van der Waals surface area contributed by atoms with Crippen LogP contribution in [0.4, 0.5) is 0 Å². The Morgan fingerprint density at radius 1 is 0.585 bits per heavy atom. The Hall–Kier alpha value is -3.01. The van der Waals surface area contributed by atoms with E-state index in [1.807, 2.05) is 21.1 Å². The van der Waals surface area contributed by atoms with Crippen LogP contribution in [0.3, 0.4) is 0 Å². The lowest BCUT2D eigenvalue weighted by Crippen LogP contribution is -2.44. The largest absolute Gasteiger partial charge is 0.545 e. The molecule has 0 fully saturated rings. The highest BCUT2D eigenvalue weighted by atomic mass is 16.7. The van der Waals surface area contributed by atoms with Crippen molar-refractivity contribution in [1.82, 2.24) is 0 Å². The number of carboxylic acid groups (broad SMARTS) is 1. The summed E-state index contributed by atoms with van der Waals surface area (Å²) in [4.78, 5) is 36.7. The number of carbonyl (C=O) groups excluding carboxylic acids is 3. The van der Waals surface area contributed by atoms with E-state index in [0.717, 1.165) is 83.5 Å². The van der Waals surface area contributed by atoms with Crippen molar-refractivity contribution in [3.05, 3.63) is 60.8 Å². The van der Waals surface area contributed by atoms with Crippen molar-refractivity contribution >= 4 is 17.9 Å². The summed E-state index contributed by atoms with van der Waals surface area (Å²) in [6, 6.07) is 0. The van der Waals surface area contributed by atoms with E-state index in [2.05, 4.69) is 74.6 Å². The van der Waals surface area contributed by atoms with Gasteiger partial charge in [0.1, 0.15) is 13.2 Å². The molecule has 0 rings (SSSR count). The summed E-state index contributed by atoms with van der Waals surface area (Å²) in [6.07, 6.45) is 38.4. The standard InChI is InChI=1S/C44H75NO8/c1-6-8-10-12-14-15-16-17-18-19-20-21-22-23-24-25-26-27-29-31-33-35-42(47)53-40(38-51-41(46)34-32-30-28-13-11-9-7-2)39-52-44(43(48)49)50-37-36-45(3,4)5/h8,10,14-15,17-18,20-21,23-24,40,44H,6-7,9,11-13,16,19,22,25-39H2,1-5H3/b10-8-,15-14-,18-17-,21-20-,24-23-. The van der Waals surface area contributed by atoms with Gasteiger partial charge in [0.2, 0.25) is 0 Å². The lowest BCUT2D eigenvalue weighted by Gasteiger charge is -2.26. The third-order valence-corrected chi connectivity index (χ3v) is 8.28. The Labute approximate surface area is 323 Å². The summed E-state index contributed by atoms with van der Waals surface area (Å²) in [5, 5.41) is 11.6. The van der Waals surface area contributed by atoms with Crippen molar-refractivity contribution in [2.75, 3.05) is 47.5 Å². The van der Waals surface area contributed by atoms with Crippen LogP contribution in [0.25, 0.3) is 0 Å². The van der Waals surface area contributed by atoms with Crippen LogP contribution in [-0.2, 0) is 33.3 Å². The highest BCUT2D eigenvalue weighted by Crippen LogP contribution is 2.12. The molecule has 0 aromatic carbocycles. The Morgan fingerprint density at radius 3 is 1.60 bits per heavy atom. The number of aliphatic carboxylic acids is 1. The second kappa shape index (κ2) is 36.0. The number of carboxylic acids is 1. The van der Waals surface area contributed by atoms with Crippen LogP contribution in [0.1, 0.15) is 142 Å². The molecule has 0 spiro atoms. The molecule has 9 nitrogen and oxygen atoms in total. The maximum atomic E-state index is 12.7. The van der Waals surface area contributed by atoms with Gasteiger partial charge in [0.15, 0.2) is 12.4 Å². The van der Waals surface area contributed by atoms with Crippen molar-refractivity contribution in [2.45, 2.75) is 155 Å². The topological polar surface area (TPSA) is 111 Å². The maximum absolute atomic E-state index is 12.7. The fourth-order valence-electron chi connectivity index (χ4n) is 5.09. The summed E-state index contributed by atoms with van der Waals surface area (Å²) < 4.78 is 22.4. The van der Waals surface area contributed by atoms with Crippen LogP contribution in [0.15, 0.2) is 60.8 Å². The molecule has 0 radical (unpaired) electrons. The van der Waals surface area contributed by atoms with Gasteiger partial charge in [-0.1, -0.05) is 132 Å². The van der Waals surface area contributed by atoms with Crippen molar-refractivity contribution < 1.29 is 42.9 Å². The van der Waals surface area contributed by atoms with Crippen LogP contribution in [0, 0.1) is 0 Å². The number of quaternary nitrogens is 1. The van der Waals surface area contributed by atoms with Gasteiger partial charge in [0.25, 0.3) is 0 Å². The third kappa shape index (κ3) is 37.1. The highest BCUT2D eigenvalue weighted by Gasteiger charge is 2.21. The number of ether oxygens (including phenoxy) is 4. The van der Waals surface area contributed by atoms with E-state index in [0.29, 0.717) is 17.4 Å². The van der Waals surface area contributed by atoms with Crippen molar-refractivity contribution in [3.63, 3.8) is 0 Å². The van der Waals surface area contributed by atoms with E-state index < -0.39 is 24.3 Å². The van der Waals surface area contributed by atoms with Gasteiger partial charge in [-0.3, -0.25) is 9.59 Å². The number of unbranched alkanes of at least 4 members (excludes halogenated alkanes) is 11. The van der Waals surface area contributed by atoms with Gasteiger partial charge in [-0.15, -0.1) is 0 Å². The molecule has 9 heteroatoms. The molecule has 53 heavy (non-hydrogen) atoms. The summed E-state index contributed by atoms with van der Waals surface area (Å²) in [5.41, 5.74) is 0.